The highest BCUT2D eigenvalue weighted by Gasteiger charge is 2.21. The maximum atomic E-state index is 12.2. The third-order valence-corrected chi connectivity index (χ3v) is 6.75. The Labute approximate surface area is 269 Å². The number of carbonyl (C=O) groups is 3. The van der Waals surface area contributed by atoms with Crippen LogP contribution in [0.5, 0.6) is 11.8 Å². The Morgan fingerprint density at radius 2 is 1.16 bits per heavy atom. The van der Waals surface area contributed by atoms with E-state index in [0.717, 1.165) is 0 Å². The van der Waals surface area contributed by atoms with Crippen molar-refractivity contribution in [2.45, 2.75) is 73.9 Å². The lowest BCUT2D eigenvalue weighted by Crippen LogP contribution is -2.17. The van der Waals surface area contributed by atoms with E-state index in [2.05, 4.69) is 77.5 Å². The number of nitrogens with zero attached hydrogens (tertiary/aromatic N) is 2. The minimum Gasteiger partial charge on any atom is -0.477 e. The van der Waals surface area contributed by atoms with E-state index in [0.29, 0.717) is 24.3 Å². The number of nitrogens with two attached hydrogens (primary N) is 1. The molecule has 2 aromatic heterocycles. The molecule has 0 saturated heterocycles. The SMILES string of the molecule is CCOC(=O)c1cc(C#C[Si](C)(C)C)c(N)nc1OCC.CCOC(=O)c1cc(C#C[Si](C)(C)C)c(NC(C)=O)nc1OCC. The Bertz CT molecular complexity index is 1490. The van der Waals surface area contributed by atoms with E-state index >= 15 is 0 Å². The fourth-order valence-corrected chi connectivity index (χ4v) is 4.20. The molecule has 0 atom stereocenters. The second-order valence-electron chi connectivity index (χ2n) is 11.5. The number of hydrogen-bond acceptors (Lipinski definition) is 10. The average molecular weight is 655 g/mol. The molecule has 0 radical (unpaired) electrons. The molecule has 2 rings (SSSR count). The van der Waals surface area contributed by atoms with Crippen molar-refractivity contribution < 1.29 is 33.3 Å². The van der Waals surface area contributed by atoms with Crippen LogP contribution in [-0.2, 0) is 14.3 Å². The Balaban J connectivity index is 0.000000454. The minimum atomic E-state index is -1.64. The lowest BCUT2D eigenvalue weighted by Gasteiger charge is -2.13. The van der Waals surface area contributed by atoms with Gasteiger partial charge in [0.2, 0.25) is 17.7 Å². The smallest absolute Gasteiger partial charge is 0.343 e. The zero-order valence-corrected chi connectivity index (χ0v) is 30.3. The normalized spacial score (nSPS) is 10.5. The van der Waals surface area contributed by atoms with Gasteiger partial charge in [-0.05, 0) is 39.8 Å². The fraction of sp³-hybridized carbons (Fsp3) is 0.469. The lowest BCUT2D eigenvalue weighted by molar-refractivity contribution is -0.114. The molecule has 0 aliphatic carbocycles. The summed E-state index contributed by atoms with van der Waals surface area (Å²) in [5.74, 6) is 5.63. The highest BCUT2D eigenvalue weighted by atomic mass is 28.3. The zero-order chi connectivity index (χ0) is 34.4. The summed E-state index contributed by atoms with van der Waals surface area (Å²) < 4.78 is 20.8. The monoisotopic (exact) mass is 654 g/mol. The molecule has 0 aromatic carbocycles. The van der Waals surface area contributed by atoms with Crippen molar-refractivity contribution in [3.8, 4) is 34.7 Å². The van der Waals surface area contributed by atoms with E-state index in [1.807, 2.05) is 6.92 Å². The van der Waals surface area contributed by atoms with Crippen molar-refractivity contribution >= 4 is 45.6 Å². The van der Waals surface area contributed by atoms with Crippen molar-refractivity contribution in [3.05, 3.63) is 34.4 Å². The molecular formula is C32H46N4O7Si2. The molecule has 3 N–H and O–H groups in total. The van der Waals surface area contributed by atoms with E-state index in [-0.39, 0.29) is 53.6 Å². The summed E-state index contributed by atoms with van der Waals surface area (Å²) in [6.45, 7) is 22.4. The van der Waals surface area contributed by atoms with Gasteiger partial charge in [0.1, 0.15) is 33.1 Å². The van der Waals surface area contributed by atoms with Crippen molar-refractivity contribution in [1.29, 1.82) is 0 Å². The van der Waals surface area contributed by atoms with Gasteiger partial charge in [0, 0.05) is 6.92 Å². The molecule has 244 valence electrons. The van der Waals surface area contributed by atoms with E-state index in [9.17, 15) is 14.4 Å². The van der Waals surface area contributed by atoms with Gasteiger partial charge in [0.25, 0.3) is 0 Å². The Kier molecular flexibility index (Phi) is 15.3. The summed E-state index contributed by atoms with van der Waals surface area (Å²) in [7, 11) is -3.18. The molecule has 2 heterocycles. The second-order valence-corrected chi connectivity index (χ2v) is 21.0. The third-order valence-electron chi connectivity index (χ3n) is 5.00. The zero-order valence-electron chi connectivity index (χ0n) is 28.3. The molecule has 0 saturated carbocycles. The highest BCUT2D eigenvalue weighted by Crippen LogP contribution is 2.25. The van der Waals surface area contributed by atoms with Gasteiger partial charge in [-0.3, -0.25) is 4.79 Å². The number of hydrogen-bond donors (Lipinski definition) is 2. The first-order valence-electron chi connectivity index (χ1n) is 14.7. The average Bonchev–Trinajstić information content (AvgIpc) is 2.91. The number of pyridine rings is 2. The van der Waals surface area contributed by atoms with Crippen molar-refractivity contribution in [2.75, 3.05) is 37.5 Å². The fourth-order valence-electron chi connectivity index (χ4n) is 3.18. The lowest BCUT2D eigenvalue weighted by atomic mass is 10.1. The van der Waals surface area contributed by atoms with E-state index in [1.54, 1.807) is 32.9 Å². The van der Waals surface area contributed by atoms with Gasteiger partial charge in [-0.25, -0.2) is 9.59 Å². The molecule has 0 aliphatic rings. The van der Waals surface area contributed by atoms with Crippen LogP contribution in [0.2, 0.25) is 39.3 Å². The molecule has 45 heavy (non-hydrogen) atoms. The van der Waals surface area contributed by atoms with Crippen molar-refractivity contribution in [2.24, 2.45) is 0 Å². The highest BCUT2D eigenvalue weighted by molar-refractivity contribution is 6.84. The molecule has 1 amide bonds. The van der Waals surface area contributed by atoms with Crippen LogP contribution in [0.15, 0.2) is 12.1 Å². The number of anilines is 2. The van der Waals surface area contributed by atoms with Gasteiger partial charge < -0.3 is 30.0 Å². The number of rotatable bonds is 9. The molecule has 13 heteroatoms. The predicted molar refractivity (Wildman–Crippen MR) is 182 cm³/mol. The molecule has 2 aromatic rings. The Hall–Kier alpha value is -4.34. The van der Waals surface area contributed by atoms with Crippen LogP contribution in [0.4, 0.5) is 11.6 Å². The van der Waals surface area contributed by atoms with Crippen molar-refractivity contribution in [3.63, 3.8) is 0 Å². The van der Waals surface area contributed by atoms with Gasteiger partial charge in [-0.2, -0.15) is 9.97 Å². The van der Waals surface area contributed by atoms with Crippen LogP contribution in [-0.4, -0.2) is 70.4 Å². The summed E-state index contributed by atoms with van der Waals surface area (Å²) in [4.78, 5) is 44.0. The maximum absolute atomic E-state index is 12.2. The van der Waals surface area contributed by atoms with E-state index in [1.165, 1.54) is 6.92 Å². The topological polar surface area (TPSA) is 152 Å². The molecular weight excluding hydrogens is 609 g/mol. The number of aromatic nitrogens is 2. The molecule has 0 aliphatic heterocycles. The van der Waals surface area contributed by atoms with Crippen molar-refractivity contribution in [1.82, 2.24) is 9.97 Å². The Morgan fingerprint density at radius 3 is 1.56 bits per heavy atom. The Morgan fingerprint density at radius 1 is 0.733 bits per heavy atom. The standard InChI is InChI=1S/C17H24N2O4Si.C15H22N2O3Si/c1-7-22-16-14(17(21)23-8-2)11-13(9-10-24(4,5)6)15(19-16)18-12(3)20;1-6-19-14-12(15(18)20-7-2)10-11(13(16)17-14)8-9-21(3,4)5/h11H,7-8H2,1-6H3,(H,18,19,20);10H,6-7H2,1-5H3,(H2,16,17). The van der Waals surface area contributed by atoms with Gasteiger partial charge in [0.05, 0.1) is 37.6 Å². The van der Waals surface area contributed by atoms with Crippen LogP contribution in [0.25, 0.3) is 0 Å². The first-order valence-corrected chi connectivity index (χ1v) is 21.7. The van der Waals surface area contributed by atoms with Gasteiger partial charge in [0.15, 0.2) is 5.82 Å². The minimum absolute atomic E-state index is 0.123. The maximum Gasteiger partial charge on any atom is 0.343 e. The number of ether oxygens (including phenoxy) is 4. The number of nitrogens with one attached hydrogen (secondary N) is 1. The largest absolute Gasteiger partial charge is 0.477 e. The first-order chi connectivity index (χ1) is 21.0. The first kappa shape index (κ1) is 38.7. The molecule has 0 fully saturated rings. The summed E-state index contributed by atoms with van der Waals surface area (Å²) in [5, 5.41) is 2.64. The van der Waals surface area contributed by atoms with Gasteiger partial charge in [-0.1, -0.05) is 51.1 Å². The summed E-state index contributed by atoms with van der Waals surface area (Å²) in [5.41, 5.74) is 13.8. The molecule has 11 nitrogen and oxygen atoms in total. The van der Waals surface area contributed by atoms with Gasteiger partial charge in [-0.15, -0.1) is 11.1 Å². The van der Waals surface area contributed by atoms with Crippen LogP contribution < -0.4 is 20.5 Å². The number of nitrogen functional groups attached to an aromatic ring is 1. The number of esters is 2. The third kappa shape index (κ3) is 13.9. The number of amides is 1. The molecule has 0 unspecified atom stereocenters. The molecule has 0 bridgehead atoms. The summed E-state index contributed by atoms with van der Waals surface area (Å²) in [6.07, 6.45) is 0. The van der Waals surface area contributed by atoms with E-state index < -0.39 is 28.1 Å². The van der Waals surface area contributed by atoms with E-state index in [4.69, 9.17) is 24.7 Å². The van der Waals surface area contributed by atoms with Crippen LogP contribution in [0, 0.1) is 22.9 Å². The van der Waals surface area contributed by atoms with Crippen LogP contribution in [0.3, 0.4) is 0 Å². The second kappa shape index (κ2) is 17.8. The van der Waals surface area contributed by atoms with Gasteiger partial charge >= 0.3 is 11.9 Å². The summed E-state index contributed by atoms with van der Waals surface area (Å²) in [6, 6.07) is 3.16. The summed E-state index contributed by atoms with van der Waals surface area (Å²) >= 11 is 0. The predicted octanol–water partition coefficient (Wildman–Crippen LogP) is 5.31. The molecule has 0 spiro atoms. The quantitative estimate of drug-likeness (QED) is 0.207. The van der Waals surface area contributed by atoms with Crippen LogP contribution >= 0.6 is 0 Å². The number of carbonyl (C=O) groups excluding carboxylic acids is 3. The van der Waals surface area contributed by atoms with Crippen LogP contribution in [0.1, 0.15) is 66.5 Å².